The standard InChI is InChI=1S/C15H19NO2/c1-10-7-15(17)16(2)13-8-11-5-3-4-6-12(11)9-14(13)18-10/h8-10H,3-7H2,1-2H3. The highest BCUT2D eigenvalue weighted by Crippen LogP contribution is 2.37. The molecular weight excluding hydrogens is 226 g/mol. The quantitative estimate of drug-likeness (QED) is 0.703. The van der Waals surface area contributed by atoms with Gasteiger partial charge < -0.3 is 9.64 Å². The maximum absolute atomic E-state index is 12.0. The summed E-state index contributed by atoms with van der Waals surface area (Å²) in [5.41, 5.74) is 3.72. The maximum Gasteiger partial charge on any atom is 0.230 e. The number of nitrogens with zero attached hydrogens (tertiary/aromatic N) is 1. The molecule has 1 heterocycles. The number of fused-ring (bicyclic) bond motifs is 2. The van der Waals surface area contributed by atoms with Crippen LogP contribution in [0.5, 0.6) is 5.75 Å². The van der Waals surface area contributed by atoms with E-state index in [0.29, 0.717) is 6.42 Å². The highest BCUT2D eigenvalue weighted by Gasteiger charge is 2.26. The lowest BCUT2D eigenvalue weighted by Gasteiger charge is -2.22. The van der Waals surface area contributed by atoms with Gasteiger partial charge in [-0.3, -0.25) is 4.79 Å². The molecule has 0 radical (unpaired) electrons. The second-order valence-corrected chi connectivity index (χ2v) is 5.38. The molecule has 0 saturated carbocycles. The van der Waals surface area contributed by atoms with Crippen LogP contribution in [0.25, 0.3) is 0 Å². The van der Waals surface area contributed by atoms with Crippen molar-refractivity contribution in [3.8, 4) is 5.75 Å². The van der Waals surface area contributed by atoms with Crippen molar-refractivity contribution in [1.29, 1.82) is 0 Å². The van der Waals surface area contributed by atoms with E-state index in [9.17, 15) is 4.79 Å². The number of ether oxygens (including phenoxy) is 1. The van der Waals surface area contributed by atoms with Gasteiger partial charge in [0, 0.05) is 7.05 Å². The molecule has 0 fully saturated rings. The molecule has 18 heavy (non-hydrogen) atoms. The second-order valence-electron chi connectivity index (χ2n) is 5.38. The van der Waals surface area contributed by atoms with Crippen molar-refractivity contribution in [3.63, 3.8) is 0 Å². The van der Waals surface area contributed by atoms with Gasteiger partial charge in [-0.15, -0.1) is 0 Å². The molecule has 3 rings (SSSR count). The fraction of sp³-hybridized carbons (Fsp3) is 0.533. The fourth-order valence-electron chi connectivity index (χ4n) is 2.88. The normalized spacial score (nSPS) is 22.9. The van der Waals surface area contributed by atoms with E-state index in [1.807, 2.05) is 14.0 Å². The molecule has 1 aromatic carbocycles. The van der Waals surface area contributed by atoms with Gasteiger partial charge in [-0.25, -0.2) is 0 Å². The molecule has 1 aliphatic heterocycles. The first kappa shape index (κ1) is 11.6. The second kappa shape index (κ2) is 4.30. The number of carbonyl (C=O) groups is 1. The first-order valence-electron chi connectivity index (χ1n) is 6.74. The average molecular weight is 245 g/mol. The Labute approximate surface area is 108 Å². The number of anilines is 1. The highest BCUT2D eigenvalue weighted by atomic mass is 16.5. The lowest BCUT2D eigenvalue weighted by molar-refractivity contribution is -0.119. The predicted octanol–water partition coefficient (Wildman–Crippen LogP) is 2.70. The van der Waals surface area contributed by atoms with Crippen molar-refractivity contribution >= 4 is 11.6 Å². The summed E-state index contributed by atoms with van der Waals surface area (Å²) in [5.74, 6) is 1.01. The number of hydrogen-bond donors (Lipinski definition) is 0. The van der Waals surface area contributed by atoms with Gasteiger partial charge in [-0.2, -0.15) is 0 Å². The van der Waals surface area contributed by atoms with Crippen LogP contribution in [-0.4, -0.2) is 19.1 Å². The van der Waals surface area contributed by atoms with Gasteiger partial charge in [0.2, 0.25) is 5.91 Å². The summed E-state index contributed by atoms with van der Waals surface area (Å²) in [7, 11) is 1.85. The molecule has 1 aromatic rings. The first-order chi connectivity index (χ1) is 8.65. The molecule has 96 valence electrons. The number of carbonyl (C=O) groups excluding carboxylic acids is 1. The van der Waals surface area contributed by atoms with Crippen molar-refractivity contribution < 1.29 is 9.53 Å². The molecule has 0 bridgehead atoms. The molecule has 2 aliphatic rings. The zero-order valence-electron chi connectivity index (χ0n) is 11.0. The van der Waals surface area contributed by atoms with E-state index in [1.54, 1.807) is 4.90 Å². The van der Waals surface area contributed by atoms with Gasteiger partial charge in [0.25, 0.3) is 0 Å². The van der Waals surface area contributed by atoms with Crippen molar-refractivity contribution in [2.45, 2.75) is 45.1 Å². The van der Waals surface area contributed by atoms with Gasteiger partial charge in [0.1, 0.15) is 11.9 Å². The zero-order chi connectivity index (χ0) is 12.7. The average Bonchev–Trinajstić information content (AvgIpc) is 2.45. The summed E-state index contributed by atoms with van der Waals surface area (Å²) >= 11 is 0. The van der Waals surface area contributed by atoms with Gasteiger partial charge in [0.15, 0.2) is 0 Å². The van der Waals surface area contributed by atoms with Crippen LogP contribution in [0.2, 0.25) is 0 Å². The van der Waals surface area contributed by atoms with Gasteiger partial charge in [-0.1, -0.05) is 0 Å². The molecule has 0 aromatic heterocycles. The smallest absolute Gasteiger partial charge is 0.230 e. The summed E-state index contributed by atoms with van der Waals surface area (Å²) in [4.78, 5) is 13.7. The Morgan fingerprint density at radius 1 is 1.22 bits per heavy atom. The van der Waals surface area contributed by atoms with Gasteiger partial charge in [-0.05, 0) is 55.9 Å². The molecule has 0 N–H and O–H groups in total. The van der Waals surface area contributed by atoms with Crippen LogP contribution in [0, 0.1) is 0 Å². The summed E-state index contributed by atoms with van der Waals surface area (Å²) in [6.07, 6.45) is 5.19. The van der Waals surface area contributed by atoms with E-state index in [4.69, 9.17) is 4.74 Å². The highest BCUT2D eigenvalue weighted by molar-refractivity contribution is 5.95. The van der Waals surface area contributed by atoms with Crippen LogP contribution in [0.4, 0.5) is 5.69 Å². The van der Waals surface area contributed by atoms with E-state index in [1.165, 1.54) is 24.0 Å². The van der Waals surface area contributed by atoms with Crippen LogP contribution in [0.15, 0.2) is 12.1 Å². The van der Waals surface area contributed by atoms with E-state index < -0.39 is 0 Å². The Kier molecular flexibility index (Phi) is 2.77. The molecule has 1 amide bonds. The molecule has 1 atom stereocenters. The molecule has 1 unspecified atom stereocenters. The monoisotopic (exact) mass is 245 g/mol. The number of aryl methyl sites for hydroxylation is 2. The van der Waals surface area contributed by atoms with Crippen LogP contribution in [-0.2, 0) is 17.6 Å². The number of amides is 1. The molecule has 1 aliphatic carbocycles. The minimum atomic E-state index is -0.0390. The third-order valence-corrected chi connectivity index (χ3v) is 3.95. The lowest BCUT2D eigenvalue weighted by atomic mass is 9.91. The van der Waals surface area contributed by atoms with Crippen molar-refractivity contribution in [2.75, 3.05) is 11.9 Å². The van der Waals surface area contributed by atoms with E-state index in [0.717, 1.165) is 24.3 Å². The summed E-state index contributed by atoms with van der Waals surface area (Å²) in [6, 6.07) is 4.30. The maximum atomic E-state index is 12.0. The molecule has 3 nitrogen and oxygen atoms in total. The van der Waals surface area contributed by atoms with Crippen molar-refractivity contribution in [1.82, 2.24) is 0 Å². The largest absolute Gasteiger partial charge is 0.488 e. The fourth-order valence-corrected chi connectivity index (χ4v) is 2.88. The van der Waals surface area contributed by atoms with E-state index >= 15 is 0 Å². The van der Waals surface area contributed by atoms with E-state index in [-0.39, 0.29) is 12.0 Å². The Balaban J connectivity index is 2.09. The summed E-state index contributed by atoms with van der Waals surface area (Å²) in [5, 5.41) is 0. The summed E-state index contributed by atoms with van der Waals surface area (Å²) < 4.78 is 5.90. The SMILES string of the molecule is CC1CC(=O)N(C)c2cc3c(cc2O1)CCCC3. The molecular formula is C15H19NO2. The number of benzene rings is 1. The Hall–Kier alpha value is -1.51. The Morgan fingerprint density at radius 3 is 2.61 bits per heavy atom. The van der Waals surface area contributed by atoms with Gasteiger partial charge >= 0.3 is 0 Å². The molecule has 0 saturated heterocycles. The van der Waals surface area contributed by atoms with Crippen LogP contribution in [0.3, 0.4) is 0 Å². The third kappa shape index (κ3) is 1.88. The minimum absolute atomic E-state index is 0.0390. The van der Waals surface area contributed by atoms with Crippen molar-refractivity contribution in [2.24, 2.45) is 0 Å². The van der Waals surface area contributed by atoms with Crippen LogP contribution >= 0.6 is 0 Å². The number of hydrogen-bond acceptors (Lipinski definition) is 2. The lowest BCUT2D eigenvalue weighted by Crippen LogP contribution is -2.27. The Bertz CT molecular complexity index is 496. The summed E-state index contributed by atoms with van der Waals surface area (Å²) in [6.45, 7) is 1.96. The predicted molar refractivity (Wildman–Crippen MR) is 71.2 cm³/mol. The third-order valence-electron chi connectivity index (χ3n) is 3.95. The van der Waals surface area contributed by atoms with Gasteiger partial charge in [0.05, 0.1) is 12.1 Å². The minimum Gasteiger partial charge on any atom is -0.488 e. The molecule has 0 spiro atoms. The van der Waals surface area contributed by atoms with Crippen molar-refractivity contribution in [3.05, 3.63) is 23.3 Å². The van der Waals surface area contributed by atoms with Crippen LogP contribution < -0.4 is 9.64 Å². The number of rotatable bonds is 0. The molecule has 3 heteroatoms. The zero-order valence-corrected chi connectivity index (χ0v) is 11.0. The first-order valence-corrected chi connectivity index (χ1v) is 6.74. The van der Waals surface area contributed by atoms with E-state index in [2.05, 4.69) is 12.1 Å². The van der Waals surface area contributed by atoms with Crippen LogP contribution in [0.1, 0.15) is 37.3 Å². The Morgan fingerprint density at radius 2 is 1.89 bits per heavy atom. The topological polar surface area (TPSA) is 29.5 Å².